The number of phenols is 1. The van der Waals surface area contributed by atoms with Crippen LogP contribution >= 0.6 is 31.9 Å². The molecule has 0 amide bonds. The van der Waals surface area contributed by atoms with Crippen LogP contribution in [0.5, 0.6) is 5.75 Å². The van der Waals surface area contributed by atoms with Crippen molar-refractivity contribution in [2.24, 2.45) is 0 Å². The van der Waals surface area contributed by atoms with Gasteiger partial charge < -0.3 is 14.1 Å². The van der Waals surface area contributed by atoms with Gasteiger partial charge in [-0.05, 0) is 73.7 Å². The van der Waals surface area contributed by atoms with Gasteiger partial charge in [0.25, 0.3) is 0 Å². The molecule has 1 heterocycles. The molecule has 0 bridgehead atoms. The fraction of sp³-hybridized carbons (Fsp3) is 0.250. The molecule has 142 valence electrons. The van der Waals surface area contributed by atoms with E-state index in [1.165, 1.54) is 0 Å². The van der Waals surface area contributed by atoms with E-state index in [4.69, 9.17) is 4.42 Å². The number of unbranched alkanes of at least 4 members (excludes halogenated alkanes) is 1. The van der Waals surface area contributed by atoms with E-state index in [2.05, 4.69) is 38.8 Å². The maximum absolute atomic E-state index is 13.3. The van der Waals surface area contributed by atoms with Gasteiger partial charge in [-0.3, -0.25) is 4.79 Å². The minimum Gasteiger partial charge on any atom is -0.612 e. The Kier molecular flexibility index (Phi) is 6.35. The van der Waals surface area contributed by atoms with Gasteiger partial charge in [0, 0.05) is 23.4 Å². The minimum atomic E-state index is -1.16. The second-order valence-electron chi connectivity index (χ2n) is 6.23. The lowest BCUT2D eigenvalue weighted by Crippen LogP contribution is -2.05. The average molecular weight is 514 g/mol. The summed E-state index contributed by atoms with van der Waals surface area (Å²) in [5.41, 5.74) is 1.53. The van der Waals surface area contributed by atoms with Crippen molar-refractivity contribution in [3.05, 3.63) is 56.2 Å². The molecule has 1 atom stereocenters. The molecule has 0 radical (unpaired) electrons. The highest BCUT2D eigenvalue weighted by atomic mass is 79.9. The molecule has 4 nitrogen and oxygen atoms in total. The molecule has 0 spiro atoms. The number of fused-ring (bicyclic) bond motifs is 1. The van der Waals surface area contributed by atoms with Crippen LogP contribution in [-0.4, -0.2) is 21.7 Å². The summed E-state index contributed by atoms with van der Waals surface area (Å²) in [5.74, 6) is 0.481. The number of rotatable bonds is 6. The van der Waals surface area contributed by atoms with Crippen LogP contribution in [0.3, 0.4) is 0 Å². The van der Waals surface area contributed by atoms with Gasteiger partial charge in [-0.1, -0.05) is 13.3 Å². The highest BCUT2D eigenvalue weighted by Gasteiger charge is 2.24. The van der Waals surface area contributed by atoms with E-state index in [0.717, 1.165) is 12.8 Å². The maximum atomic E-state index is 13.3. The van der Waals surface area contributed by atoms with E-state index in [9.17, 15) is 14.5 Å². The van der Waals surface area contributed by atoms with Crippen LogP contribution in [0.1, 0.15) is 41.4 Å². The number of hydrogen-bond donors (Lipinski definition) is 1. The smallest absolute Gasteiger partial charge is 0.197 e. The van der Waals surface area contributed by atoms with E-state index in [1.54, 1.807) is 36.6 Å². The van der Waals surface area contributed by atoms with Crippen molar-refractivity contribution < 1.29 is 18.9 Å². The van der Waals surface area contributed by atoms with Gasteiger partial charge in [-0.2, -0.15) is 0 Å². The number of benzene rings is 2. The summed E-state index contributed by atoms with van der Waals surface area (Å²) >= 11 is 5.39. The lowest BCUT2D eigenvalue weighted by atomic mass is 9.98. The fourth-order valence-corrected chi connectivity index (χ4v) is 4.64. The summed E-state index contributed by atoms with van der Waals surface area (Å²) in [7, 11) is 0. The summed E-state index contributed by atoms with van der Waals surface area (Å²) in [6.45, 7) is 2.08. The Morgan fingerprint density at radius 2 is 1.89 bits per heavy atom. The van der Waals surface area contributed by atoms with Crippen LogP contribution in [0.2, 0.25) is 0 Å². The SMILES string of the molecule is CCCCc1oc2ccc([S+](C)[O-])cc2c1C(=O)c1cc(Br)c(O)c(Br)c1. The topological polar surface area (TPSA) is 73.5 Å². The molecule has 0 aliphatic rings. The van der Waals surface area contributed by atoms with E-state index in [0.29, 0.717) is 48.1 Å². The lowest BCUT2D eigenvalue weighted by Gasteiger charge is -2.07. The highest BCUT2D eigenvalue weighted by molar-refractivity contribution is 9.11. The molecule has 2 aromatic carbocycles. The molecule has 1 aromatic heterocycles. The van der Waals surface area contributed by atoms with E-state index < -0.39 is 11.2 Å². The summed E-state index contributed by atoms with van der Waals surface area (Å²) < 4.78 is 18.7. The number of halogens is 2. The number of ketones is 1. The van der Waals surface area contributed by atoms with Crippen LogP contribution in [0, 0.1) is 0 Å². The molecule has 1 N–H and O–H groups in total. The molecular weight excluding hydrogens is 496 g/mol. The summed E-state index contributed by atoms with van der Waals surface area (Å²) in [6, 6.07) is 8.47. The first-order valence-corrected chi connectivity index (χ1v) is 11.6. The van der Waals surface area contributed by atoms with Crippen LogP contribution in [0.25, 0.3) is 11.0 Å². The molecule has 0 aliphatic carbocycles. The second-order valence-corrected chi connectivity index (χ2v) is 9.32. The quantitative estimate of drug-likeness (QED) is 0.325. The first-order chi connectivity index (χ1) is 12.8. The maximum Gasteiger partial charge on any atom is 0.197 e. The Morgan fingerprint density at radius 1 is 1.22 bits per heavy atom. The monoisotopic (exact) mass is 512 g/mol. The molecule has 27 heavy (non-hydrogen) atoms. The number of hydrogen-bond acceptors (Lipinski definition) is 4. The van der Waals surface area contributed by atoms with Crippen molar-refractivity contribution in [1.82, 2.24) is 0 Å². The van der Waals surface area contributed by atoms with Gasteiger partial charge in [-0.15, -0.1) is 0 Å². The van der Waals surface area contributed by atoms with Crippen LogP contribution in [0.15, 0.2) is 48.6 Å². The zero-order valence-corrected chi connectivity index (χ0v) is 18.8. The Bertz CT molecular complexity index is 988. The van der Waals surface area contributed by atoms with Crippen molar-refractivity contribution in [2.45, 2.75) is 31.1 Å². The second kappa shape index (κ2) is 8.39. The van der Waals surface area contributed by atoms with Crippen LogP contribution < -0.4 is 0 Å². The molecule has 7 heteroatoms. The third-order valence-corrected chi connectivity index (χ3v) is 6.45. The third-order valence-electron chi connectivity index (χ3n) is 4.33. The third kappa shape index (κ3) is 4.11. The van der Waals surface area contributed by atoms with E-state index in [1.807, 2.05) is 0 Å². The molecule has 0 saturated heterocycles. The molecular formula is C20H18Br2O4S. The van der Waals surface area contributed by atoms with Crippen molar-refractivity contribution in [1.29, 1.82) is 0 Å². The van der Waals surface area contributed by atoms with Crippen molar-refractivity contribution >= 4 is 59.8 Å². The summed E-state index contributed by atoms with van der Waals surface area (Å²) in [5, 5.41) is 10.6. The Labute approximate surface area is 177 Å². The zero-order chi connectivity index (χ0) is 19.7. The number of aryl methyl sites for hydroxylation is 1. The zero-order valence-electron chi connectivity index (χ0n) is 14.8. The predicted molar refractivity (Wildman–Crippen MR) is 114 cm³/mol. The Hall–Kier alpha value is -1.28. The number of furan rings is 1. The summed E-state index contributed by atoms with van der Waals surface area (Å²) in [6.07, 6.45) is 4.13. The Morgan fingerprint density at radius 3 is 2.48 bits per heavy atom. The van der Waals surface area contributed by atoms with Gasteiger partial charge in [0.1, 0.15) is 23.3 Å². The number of carbonyl (C=O) groups excluding carboxylic acids is 1. The Balaban J connectivity index is 2.20. The summed E-state index contributed by atoms with van der Waals surface area (Å²) in [4.78, 5) is 14.0. The van der Waals surface area contributed by atoms with Gasteiger partial charge in [0.2, 0.25) is 0 Å². The van der Waals surface area contributed by atoms with Gasteiger partial charge in [-0.25, -0.2) is 0 Å². The minimum absolute atomic E-state index is 0.0403. The number of carbonyl (C=O) groups is 1. The molecule has 0 saturated carbocycles. The predicted octanol–water partition coefficient (Wildman–Crippen LogP) is 5.97. The van der Waals surface area contributed by atoms with Crippen molar-refractivity contribution in [3.8, 4) is 5.75 Å². The van der Waals surface area contributed by atoms with Gasteiger partial charge in [0.05, 0.1) is 14.5 Å². The normalized spacial score (nSPS) is 12.5. The molecule has 3 aromatic rings. The first kappa shape index (κ1) is 20.5. The largest absolute Gasteiger partial charge is 0.612 e. The number of aromatic hydroxyl groups is 1. The molecule has 3 rings (SSSR count). The number of phenolic OH excluding ortho intramolecular Hbond substituents is 1. The first-order valence-electron chi connectivity index (χ1n) is 8.45. The van der Waals surface area contributed by atoms with Crippen LogP contribution in [0.4, 0.5) is 0 Å². The highest BCUT2D eigenvalue weighted by Crippen LogP contribution is 2.36. The van der Waals surface area contributed by atoms with Gasteiger partial charge in [0.15, 0.2) is 10.7 Å². The lowest BCUT2D eigenvalue weighted by molar-refractivity contribution is 0.103. The average Bonchev–Trinajstić information content (AvgIpc) is 3.00. The van der Waals surface area contributed by atoms with Crippen molar-refractivity contribution in [2.75, 3.05) is 6.26 Å². The van der Waals surface area contributed by atoms with Crippen molar-refractivity contribution in [3.63, 3.8) is 0 Å². The van der Waals surface area contributed by atoms with Crippen LogP contribution in [-0.2, 0) is 17.6 Å². The molecule has 0 fully saturated rings. The fourth-order valence-electron chi connectivity index (χ4n) is 2.91. The molecule has 0 aliphatic heterocycles. The van der Waals surface area contributed by atoms with E-state index >= 15 is 0 Å². The standard InChI is InChI=1S/C20H18Br2O4S/c1-3-4-5-17-18(13-10-12(27(2)25)6-7-16(13)26-17)19(23)11-8-14(21)20(24)15(22)9-11/h6-10,24H,3-5H2,1-2H3. The van der Waals surface area contributed by atoms with E-state index in [-0.39, 0.29) is 11.5 Å². The van der Waals surface area contributed by atoms with Gasteiger partial charge >= 0.3 is 0 Å². The molecule has 1 unspecified atom stereocenters.